The molecule has 0 aliphatic carbocycles. The van der Waals surface area contributed by atoms with Crippen LogP contribution in [-0.4, -0.2) is 70.3 Å². The van der Waals surface area contributed by atoms with Crippen molar-refractivity contribution in [3.05, 3.63) is 70.7 Å². The fraction of sp³-hybridized carbons (Fsp3) is 0.346. The molecular weight excluding hydrogens is 432 g/mol. The van der Waals surface area contributed by atoms with E-state index in [4.69, 9.17) is 4.74 Å². The Hall–Kier alpha value is -3.65. The number of aliphatic hydroxyl groups excluding tert-OH is 1. The van der Waals surface area contributed by atoms with E-state index in [1.165, 1.54) is 0 Å². The zero-order valence-electron chi connectivity index (χ0n) is 20.2. The number of fused-ring (bicyclic) bond motifs is 1. The molecule has 1 saturated heterocycles. The third-order valence-corrected chi connectivity index (χ3v) is 6.20. The number of aryl methyl sites for hydroxylation is 2. The lowest BCUT2D eigenvalue weighted by Crippen LogP contribution is -2.32. The molecular formula is C26H30N4O4. The highest BCUT2D eigenvalue weighted by Gasteiger charge is 2.46. The van der Waals surface area contributed by atoms with Gasteiger partial charge in [0, 0.05) is 12.7 Å². The topological polar surface area (TPSA) is 87.4 Å². The summed E-state index contributed by atoms with van der Waals surface area (Å²) in [6, 6.07) is 10.3. The van der Waals surface area contributed by atoms with Crippen LogP contribution < -0.4 is 4.74 Å². The zero-order chi connectivity index (χ0) is 24.6. The Kier molecular flexibility index (Phi) is 6.43. The Labute approximate surface area is 199 Å². The highest BCUT2D eigenvalue weighted by Crippen LogP contribution is 2.41. The summed E-state index contributed by atoms with van der Waals surface area (Å²) in [7, 11) is 5.49. The van der Waals surface area contributed by atoms with E-state index in [2.05, 4.69) is 4.98 Å². The van der Waals surface area contributed by atoms with E-state index in [-0.39, 0.29) is 11.3 Å². The van der Waals surface area contributed by atoms with Gasteiger partial charge in [-0.2, -0.15) is 0 Å². The fourth-order valence-corrected chi connectivity index (χ4v) is 4.56. The Morgan fingerprint density at radius 3 is 2.65 bits per heavy atom. The van der Waals surface area contributed by atoms with E-state index < -0.39 is 17.7 Å². The molecule has 1 N–H and O–H groups in total. The molecule has 8 heteroatoms. The van der Waals surface area contributed by atoms with Gasteiger partial charge in [0.1, 0.15) is 17.1 Å². The summed E-state index contributed by atoms with van der Waals surface area (Å²) in [6.45, 7) is 4.87. The molecule has 1 amide bonds. The molecule has 0 bridgehead atoms. The van der Waals surface area contributed by atoms with Gasteiger partial charge in [-0.25, -0.2) is 4.98 Å². The average Bonchev–Trinajstić information content (AvgIpc) is 3.28. The summed E-state index contributed by atoms with van der Waals surface area (Å²) in [5.74, 6) is -0.928. The molecule has 1 atom stereocenters. The van der Waals surface area contributed by atoms with Crippen molar-refractivity contribution in [2.45, 2.75) is 26.3 Å². The maximum Gasteiger partial charge on any atom is 0.295 e. The van der Waals surface area contributed by atoms with Crippen LogP contribution in [0.25, 0.3) is 11.4 Å². The van der Waals surface area contributed by atoms with Gasteiger partial charge in [-0.15, -0.1) is 0 Å². The van der Waals surface area contributed by atoms with Crippen molar-refractivity contribution in [2.75, 3.05) is 34.3 Å². The highest BCUT2D eigenvalue weighted by molar-refractivity contribution is 6.46. The first kappa shape index (κ1) is 23.5. The predicted octanol–water partition coefficient (Wildman–Crippen LogP) is 3.33. The second-order valence-corrected chi connectivity index (χ2v) is 8.86. The van der Waals surface area contributed by atoms with Crippen LogP contribution in [-0.2, 0) is 9.59 Å². The van der Waals surface area contributed by atoms with Gasteiger partial charge in [-0.05, 0) is 70.2 Å². The van der Waals surface area contributed by atoms with Crippen molar-refractivity contribution in [1.82, 2.24) is 19.2 Å². The summed E-state index contributed by atoms with van der Waals surface area (Å²) in [5, 5.41) is 11.5. The summed E-state index contributed by atoms with van der Waals surface area (Å²) in [5.41, 5.74) is 3.40. The number of imidazole rings is 1. The third-order valence-electron chi connectivity index (χ3n) is 6.20. The molecule has 0 spiro atoms. The van der Waals surface area contributed by atoms with E-state index in [0.717, 1.165) is 12.1 Å². The number of hydrogen-bond donors (Lipinski definition) is 1. The molecule has 178 valence electrons. The quantitative estimate of drug-likeness (QED) is 0.329. The molecule has 0 saturated carbocycles. The number of ether oxygens (including phenoxy) is 1. The standard InChI is InChI=1S/C26H30N4O4/c1-16-9-7-13-29-21(17(2)27-25(16)29)23(31)20-22(18-10-6-11-19(15-18)34-5)30(26(33)24(20)32)14-8-12-28(3)4/h6-7,9-11,13,15,22,31H,8,12,14H2,1-5H3/t22-/m1/s1. The second-order valence-electron chi connectivity index (χ2n) is 8.86. The molecule has 3 heterocycles. The molecule has 3 aromatic rings. The lowest BCUT2D eigenvalue weighted by atomic mass is 9.96. The lowest BCUT2D eigenvalue weighted by Gasteiger charge is -2.26. The van der Waals surface area contributed by atoms with Crippen molar-refractivity contribution in [1.29, 1.82) is 0 Å². The number of likely N-dealkylation sites (tertiary alicyclic amines) is 1. The SMILES string of the molecule is COc1cccc([C@@H]2C(=C(O)c3c(C)nc4c(C)cccn34)C(=O)C(=O)N2CCCN(C)C)c1. The van der Waals surface area contributed by atoms with E-state index in [1.807, 2.05) is 50.2 Å². The zero-order valence-corrected chi connectivity index (χ0v) is 20.2. The number of methoxy groups -OCH3 is 1. The Morgan fingerprint density at radius 2 is 1.94 bits per heavy atom. The molecule has 1 aromatic carbocycles. The van der Waals surface area contributed by atoms with Crippen LogP contribution in [0, 0.1) is 13.8 Å². The minimum atomic E-state index is -0.730. The Bertz CT molecular complexity index is 1290. The largest absolute Gasteiger partial charge is 0.505 e. The van der Waals surface area contributed by atoms with Gasteiger partial charge in [0.05, 0.1) is 24.4 Å². The van der Waals surface area contributed by atoms with Crippen molar-refractivity contribution in [2.24, 2.45) is 0 Å². The van der Waals surface area contributed by atoms with Crippen LogP contribution in [0.4, 0.5) is 0 Å². The van der Waals surface area contributed by atoms with Crippen LogP contribution in [0.3, 0.4) is 0 Å². The minimum absolute atomic E-state index is 0.0644. The molecule has 1 aliphatic rings. The molecule has 0 unspecified atom stereocenters. The number of nitrogens with zero attached hydrogens (tertiary/aromatic N) is 4. The number of benzene rings is 1. The van der Waals surface area contributed by atoms with E-state index in [9.17, 15) is 14.7 Å². The average molecular weight is 463 g/mol. The number of Topliss-reactive ketones (excluding diaryl/α,β-unsaturated/α-hetero) is 1. The first-order valence-corrected chi connectivity index (χ1v) is 11.3. The van der Waals surface area contributed by atoms with Crippen molar-refractivity contribution in [3.8, 4) is 5.75 Å². The second kappa shape index (κ2) is 9.30. The van der Waals surface area contributed by atoms with E-state index >= 15 is 0 Å². The van der Waals surface area contributed by atoms with Gasteiger partial charge in [0.25, 0.3) is 11.7 Å². The normalized spacial score (nSPS) is 17.8. The van der Waals surface area contributed by atoms with Crippen LogP contribution in [0.5, 0.6) is 5.75 Å². The lowest BCUT2D eigenvalue weighted by molar-refractivity contribution is -0.139. The third kappa shape index (κ3) is 4.05. The van der Waals surface area contributed by atoms with Crippen molar-refractivity contribution >= 4 is 23.1 Å². The first-order valence-electron chi connectivity index (χ1n) is 11.3. The molecule has 1 fully saturated rings. The van der Waals surface area contributed by atoms with Gasteiger partial charge in [0.2, 0.25) is 0 Å². The number of ketones is 1. The number of carbonyl (C=O) groups excluding carboxylic acids is 2. The minimum Gasteiger partial charge on any atom is -0.505 e. The number of hydrogen-bond acceptors (Lipinski definition) is 6. The number of aromatic nitrogens is 2. The number of pyridine rings is 1. The Balaban J connectivity index is 1.91. The van der Waals surface area contributed by atoms with Crippen molar-refractivity contribution < 1.29 is 19.4 Å². The van der Waals surface area contributed by atoms with Crippen LogP contribution in [0.2, 0.25) is 0 Å². The predicted molar refractivity (Wildman–Crippen MR) is 130 cm³/mol. The van der Waals surface area contributed by atoms with Gasteiger partial charge >= 0.3 is 0 Å². The Morgan fingerprint density at radius 1 is 1.18 bits per heavy atom. The smallest absolute Gasteiger partial charge is 0.295 e. The van der Waals surface area contributed by atoms with E-state index in [1.54, 1.807) is 41.7 Å². The van der Waals surface area contributed by atoms with Gasteiger partial charge < -0.3 is 19.6 Å². The fourth-order valence-electron chi connectivity index (χ4n) is 4.56. The molecule has 4 rings (SSSR count). The number of aliphatic hydroxyl groups is 1. The van der Waals surface area contributed by atoms with Gasteiger partial charge in [0.15, 0.2) is 5.76 Å². The molecule has 1 aliphatic heterocycles. The summed E-state index contributed by atoms with van der Waals surface area (Å²) >= 11 is 0. The number of carbonyl (C=O) groups is 2. The molecule has 8 nitrogen and oxygen atoms in total. The maximum atomic E-state index is 13.3. The van der Waals surface area contributed by atoms with Crippen LogP contribution in [0.1, 0.15) is 35.0 Å². The summed E-state index contributed by atoms with van der Waals surface area (Å²) in [6.07, 6.45) is 2.49. The summed E-state index contributed by atoms with van der Waals surface area (Å²) in [4.78, 5) is 34.7. The van der Waals surface area contributed by atoms with Crippen molar-refractivity contribution in [3.63, 3.8) is 0 Å². The maximum absolute atomic E-state index is 13.3. The molecule has 2 aromatic heterocycles. The van der Waals surface area contributed by atoms with Crippen LogP contribution >= 0.6 is 0 Å². The monoisotopic (exact) mass is 462 g/mol. The molecule has 0 radical (unpaired) electrons. The molecule has 34 heavy (non-hydrogen) atoms. The number of amides is 1. The van der Waals surface area contributed by atoms with E-state index in [0.29, 0.717) is 41.3 Å². The van der Waals surface area contributed by atoms with Gasteiger partial charge in [-0.1, -0.05) is 18.2 Å². The first-order chi connectivity index (χ1) is 16.2. The van der Waals surface area contributed by atoms with Gasteiger partial charge in [-0.3, -0.25) is 14.0 Å². The number of rotatable bonds is 7. The summed E-state index contributed by atoms with van der Waals surface area (Å²) < 4.78 is 7.15. The van der Waals surface area contributed by atoms with Crippen LogP contribution in [0.15, 0.2) is 48.2 Å². The highest BCUT2D eigenvalue weighted by atomic mass is 16.5.